The summed E-state index contributed by atoms with van der Waals surface area (Å²) < 4.78 is 18.6. The highest BCUT2D eigenvalue weighted by atomic mass is 79.9. The predicted octanol–water partition coefficient (Wildman–Crippen LogP) is 3.52. The lowest BCUT2D eigenvalue weighted by molar-refractivity contribution is 0.302. The minimum atomic E-state index is -0.242. The minimum absolute atomic E-state index is 0.242. The molecule has 0 atom stereocenters. The van der Waals surface area contributed by atoms with Crippen LogP contribution in [-0.4, -0.2) is 17.1 Å². The van der Waals surface area contributed by atoms with Gasteiger partial charge >= 0.3 is 0 Å². The highest BCUT2D eigenvalue weighted by Crippen LogP contribution is 2.18. The molecule has 0 saturated heterocycles. The van der Waals surface area contributed by atoms with Crippen LogP contribution in [0.25, 0.3) is 0 Å². The van der Waals surface area contributed by atoms with Gasteiger partial charge in [-0.3, -0.25) is 4.90 Å². The van der Waals surface area contributed by atoms with Crippen LogP contribution in [0.15, 0.2) is 33.3 Å². The highest BCUT2D eigenvalue weighted by molar-refractivity contribution is 9.10. The standard InChI is InChI=1S/C13H14BrFN2O/c1-9-5-11(16-18-9)8-17(2)7-10-3-4-13(15)12(14)6-10/h3-6H,7-8H2,1-2H3. The highest BCUT2D eigenvalue weighted by Gasteiger charge is 2.07. The number of aryl methyl sites for hydroxylation is 1. The molecule has 1 aromatic heterocycles. The smallest absolute Gasteiger partial charge is 0.137 e. The average molecular weight is 313 g/mol. The van der Waals surface area contributed by atoms with Crippen molar-refractivity contribution in [1.29, 1.82) is 0 Å². The largest absolute Gasteiger partial charge is 0.361 e. The molecule has 0 saturated carbocycles. The Morgan fingerprint density at radius 2 is 2.11 bits per heavy atom. The molecule has 0 aliphatic heterocycles. The second-order valence-corrected chi connectivity index (χ2v) is 5.20. The summed E-state index contributed by atoms with van der Waals surface area (Å²) in [5, 5.41) is 3.94. The van der Waals surface area contributed by atoms with Crippen molar-refractivity contribution >= 4 is 15.9 Å². The zero-order valence-electron chi connectivity index (χ0n) is 10.3. The summed E-state index contributed by atoms with van der Waals surface area (Å²) in [6, 6.07) is 6.95. The summed E-state index contributed by atoms with van der Waals surface area (Å²) in [6.07, 6.45) is 0. The molecular weight excluding hydrogens is 299 g/mol. The molecule has 1 heterocycles. The maximum absolute atomic E-state index is 13.1. The molecule has 2 rings (SSSR count). The third-order valence-corrected chi connectivity index (χ3v) is 3.15. The fourth-order valence-electron chi connectivity index (χ4n) is 1.77. The maximum Gasteiger partial charge on any atom is 0.137 e. The number of hydrogen-bond acceptors (Lipinski definition) is 3. The van der Waals surface area contributed by atoms with Crippen molar-refractivity contribution in [2.75, 3.05) is 7.05 Å². The molecule has 0 amide bonds. The first-order chi connectivity index (χ1) is 8.54. The number of hydrogen-bond donors (Lipinski definition) is 0. The number of benzene rings is 1. The van der Waals surface area contributed by atoms with Crippen molar-refractivity contribution in [3.8, 4) is 0 Å². The van der Waals surface area contributed by atoms with E-state index in [2.05, 4.69) is 26.0 Å². The van der Waals surface area contributed by atoms with Crippen LogP contribution in [0, 0.1) is 12.7 Å². The van der Waals surface area contributed by atoms with Crippen LogP contribution in [0.1, 0.15) is 17.0 Å². The van der Waals surface area contributed by atoms with E-state index < -0.39 is 0 Å². The van der Waals surface area contributed by atoms with Gasteiger partial charge in [0.15, 0.2) is 0 Å². The second kappa shape index (κ2) is 5.63. The monoisotopic (exact) mass is 312 g/mol. The van der Waals surface area contributed by atoms with Crippen molar-refractivity contribution < 1.29 is 8.91 Å². The first-order valence-corrected chi connectivity index (χ1v) is 6.38. The van der Waals surface area contributed by atoms with Gasteiger partial charge < -0.3 is 4.52 Å². The zero-order valence-corrected chi connectivity index (χ0v) is 11.9. The lowest BCUT2D eigenvalue weighted by Crippen LogP contribution is -2.17. The molecule has 3 nitrogen and oxygen atoms in total. The Balaban J connectivity index is 1.98. The van der Waals surface area contributed by atoms with Crippen molar-refractivity contribution in [3.05, 3.63) is 51.6 Å². The zero-order chi connectivity index (χ0) is 13.1. The molecule has 0 fully saturated rings. The molecule has 2 aromatic rings. The molecule has 1 aromatic carbocycles. The van der Waals surface area contributed by atoms with Crippen LogP contribution in [-0.2, 0) is 13.1 Å². The quantitative estimate of drug-likeness (QED) is 0.865. The summed E-state index contributed by atoms with van der Waals surface area (Å²) in [5.74, 6) is 0.566. The first kappa shape index (κ1) is 13.2. The van der Waals surface area contributed by atoms with E-state index in [0.29, 0.717) is 11.0 Å². The van der Waals surface area contributed by atoms with Gasteiger partial charge in [-0.1, -0.05) is 11.2 Å². The molecule has 0 unspecified atom stereocenters. The van der Waals surface area contributed by atoms with E-state index >= 15 is 0 Å². The molecular formula is C13H14BrFN2O. The van der Waals surface area contributed by atoms with Gasteiger partial charge in [-0.25, -0.2) is 4.39 Å². The number of halogens is 2. The van der Waals surface area contributed by atoms with Gasteiger partial charge in [-0.2, -0.15) is 0 Å². The van der Waals surface area contributed by atoms with Gasteiger partial charge in [0.25, 0.3) is 0 Å². The Morgan fingerprint density at radius 3 is 2.72 bits per heavy atom. The second-order valence-electron chi connectivity index (χ2n) is 4.35. The summed E-state index contributed by atoms with van der Waals surface area (Å²) in [4.78, 5) is 2.09. The van der Waals surface area contributed by atoms with Crippen molar-refractivity contribution in [2.24, 2.45) is 0 Å². The fraction of sp³-hybridized carbons (Fsp3) is 0.308. The van der Waals surface area contributed by atoms with Crippen molar-refractivity contribution in [3.63, 3.8) is 0 Å². The topological polar surface area (TPSA) is 29.3 Å². The van der Waals surface area contributed by atoms with E-state index in [1.54, 1.807) is 12.1 Å². The van der Waals surface area contributed by atoms with Crippen molar-refractivity contribution in [2.45, 2.75) is 20.0 Å². The lowest BCUT2D eigenvalue weighted by Gasteiger charge is -2.15. The average Bonchev–Trinajstić information content (AvgIpc) is 2.69. The van der Waals surface area contributed by atoms with Crippen LogP contribution in [0.4, 0.5) is 4.39 Å². The van der Waals surface area contributed by atoms with Crippen LogP contribution in [0.2, 0.25) is 0 Å². The maximum atomic E-state index is 13.1. The molecule has 5 heteroatoms. The van der Waals surface area contributed by atoms with E-state index in [1.165, 1.54) is 6.07 Å². The van der Waals surface area contributed by atoms with Gasteiger partial charge in [-0.05, 0) is 47.6 Å². The molecule has 96 valence electrons. The third kappa shape index (κ3) is 3.40. The molecule has 0 bridgehead atoms. The van der Waals surface area contributed by atoms with E-state index in [1.807, 2.05) is 20.0 Å². The predicted molar refractivity (Wildman–Crippen MR) is 70.5 cm³/mol. The summed E-state index contributed by atoms with van der Waals surface area (Å²) >= 11 is 3.19. The van der Waals surface area contributed by atoms with Gasteiger partial charge in [0.05, 0.1) is 10.2 Å². The summed E-state index contributed by atoms with van der Waals surface area (Å²) in [6.45, 7) is 3.30. The van der Waals surface area contributed by atoms with E-state index in [0.717, 1.165) is 23.6 Å². The minimum Gasteiger partial charge on any atom is -0.361 e. The van der Waals surface area contributed by atoms with E-state index in [9.17, 15) is 4.39 Å². The Bertz CT molecular complexity index is 542. The molecule has 18 heavy (non-hydrogen) atoms. The molecule has 0 N–H and O–H groups in total. The summed E-state index contributed by atoms with van der Waals surface area (Å²) in [5.41, 5.74) is 1.95. The molecule has 0 aliphatic rings. The SMILES string of the molecule is Cc1cc(CN(C)Cc2ccc(F)c(Br)c2)no1. The van der Waals surface area contributed by atoms with Gasteiger partial charge in [0.1, 0.15) is 11.6 Å². The Kier molecular flexibility index (Phi) is 4.14. The van der Waals surface area contributed by atoms with Gasteiger partial charge in [0, 0.05) is 19.2 Å². The number of rotatable bonds is 4. The normalized spacial score (nSPS) is 11.2. The first-order valence-electron chi connectivity index (χ1n) is 5.59. The van der Waals surface area contributed by atoms with E-state index in [-0.39, 0.29) is 5.82 Å². The lowest BCUT2D eigenvalue weighted by atomic mass is 10.2. The third-order valence-electron chi connectivity index (χ3n) is 2.55. The van der Waals surface area contributed by atoms with E-state index in [4.69, 9.17) is 4.52 Å². The van der Waals surface area contributed by atoms with Crippen LogP contribution >= 0.6 is 15.9 Å². The fourth-order valence-corrected chi connectivity index (χ4v) is 2.20. The van der Waals surface area contributed by atoms with Gasteiger partial charge in [-0.15, -0.1) is 0 Å². The van der Waals surface area contributed by atoms with Gasteiger partial charge in [0.2, 0.25) is 0 Å². The van der Waals surface area contributed by atoms with Crippen molar-refractivity contribution in [1.82, 2.24) is 10.1 Å². The molecule has 0 radical (unpaired) electrons. The molecule has 0 spiro atoms. The van der Waals surface area contributed by atoms with Crippen LogP contribution in [0.5, 0.6) is 0 Å². The summed E-state index contributed by atoms with van der Waals surface area (Å²) in [7, 11) is 1.99. The Morgan fingerprint density at radius 1 is 1.33 bits per heavy atom. The van der Waals surface area contributed by atoms with Crippen LogP contribution < -0.4 is 0 Å². The van der Waals surface area contributed by atoms with Crippen LogP contribution in [0.3, 0.4) is 0 Å². The number of aromatic nitrogens is 1. The Labute approximate surface area is 114 Å². The molecule has 0 aliphatic carbocycles. The number of nitrogens with zero attached hydrogens (tertiary/aromatic N) is 2. The Hall–Kier alpha value is -1.20.